The number of piperidine rings is 1. The highest BCUT2D eigenvalue weighted by atomic mass is 16.3. The van der Waals surface area contributed by atoms with Gasteiger partial charge in [-0.05, 0) is 43.2 Å². The third-order valence-corrected chi connectivity index (χ3v) is 5.85. The maximum atomic E-state index is 12.9. The van der Waals surface area contributed by atoms with E-state index in [9.17, 15) is 14.7 Å². The lowest BCUT2D eigenvalue weighted by Gasteiger charge is -2.39. The van der Waals surface area contributed by atoms with Crippen LogP contribution in [0.15, 0.2) is 18.2 Å². The number of fused-ring (bicyclic) bond motifs is 1. The molecular formula is C21H31N3O3. The molecule has 1 saturated heterocycles. The Morgan fingerprint density at radius 3 is 2.81 bits per heavy atom. The third-order valence-electron chi connectivity index (χ3n) is 5.85. The van der Waals surface area contributed by atoms with Gasteiger partial charge >= 0.3 is 6.03 Å². The Balaban J connectivity index is 1.68. The number of hydrogen-bond donors (Lipinski definition) is 2. The van der Waals surface area contributed by atoms with Crippen LogP contribution in [0.4, 0.5) is 4.79 Å². The molecule has 3 atom stereocenters. The van der Waals surface area contributed by atoms with E-state index in [1.165, 1.54) is 21.6 Å². The fourth-order valence-corrected chi connectivity index (χ4v) is 4.27. The Kier molecular flexibility index (Phi) is 5.47. The molecule has 2 N–H and O–H groups in total. The van der Waals surface area contributed by atoms with Crippen LogP contribution >= 0.6 is 0 Å². The van der Waals surface area contributed by atoms with Gasteiger partial charge in [-0.1, -0.05) is 30.7 Å². The largest absolute Gasteiger partial charge is 0.387 e. The highest BCUT2D eigenvalue weighted by Gasteiger charge is 2.39. The third kappa shape index (κ3) is 4.26. The number of nitrogens with zero attached hydrogens (tertiary/aromatic N) is 2. The molecule has 0 radical (unpaired) electrons. The van der Waals surface area contributed by atoms with Crippen LogP contribution in [-0.4, -0.2) is 59.6 Å². The summed E-state index contributed by atoms with van der Waals surface area (Å²) in [6.45, 7) is 5.02. The Hall–Kier alpha value is -2.08. The molecule has 1 aromatic rings. The Labute approximate surface area is 161 Å². The van der Waals surface area contributed by atoms with Crippen LogP contribution in [0.25, 0.3) is 0 Å². The van der Waals surface area contributed by atoms with Gasteiger partial charge in [-0.15, -0.1) is 0 Å². The first-order chi connectivity index (χ1) is 12.7. The van der Waals surface area contributed by atoms with E-state index in [-0.39, 0.29) is 30.9 Å². The van der Waals surface area contributed by atoms with Crippen molar-refractivity contribution in [1.82, 2.24) is 15.1 Å². The number of carbonyl (C=O) groups excluding carboxylic acids is 2. The number of hydrogen-bond acceptors (Lipinski definition) is 3. The molecule has 1 heterocycles. The molecule has 148 valence electrons. The van der Waals surface area contributed by atoms with Crippen LogP contribution in [-0.2, 0) is 11.2 Å². The molecule has 3 amide bonds. The monoisotopic (exact) mass is 373 g/mol. The average Bonchev–Trinajstić information content (AvgIpc) is 2.89. The van der Waals surface area contributed by atoms with Gasteiger partial charge in [0.25, 0.3) is 0 Å². The van der Waals surface area contributed by atoms with E-state index in [0.717, 1.165) is 6.42 Å². The average molecular weight is 373 g/mol. The zero-order valence-corrected chi connectivity index (χ0v) is 16.8. The Morgan fingerprint density at radius 1 is 1.37 bits per heavy atom. The van der Waals surface area contributed by atoms with Crippen LogP contribution in [0, 0.1) is 12.8 Å². The maximum Gasteiger partial charge on any atom is 0.317 e. The number of nitrogens with one attached hydrogen (secondary N) is 1. The lowest BCUT2D eigenvalue weighted by Crippen LogP contribution is -2.55. The summed E-state index contributed by atoms with van der Waals surface area (Å²) in [6, 6.07) is 6.26. The summed E-state index contributed by atoms with van der Waals surface area (Å²) in [5.41, 5.74) is 2.54. The van der Waals surface area contributed by atoms with Crippen molar-refractivity contribution >= 4 is 11.9 Å². The van der Waals surface area contributed by atoms with Gasteiger partial charge < -0.3 is 20.2 Å². The molecule has 0 bridgehead atoms. The number of β-amino-alcohol motifs (C(OH)–C–C–N with tert-alkyl or cyclic N) is 1. The van der Waals surface area contributed by atoms with Gasteiger partial charge in [0.1, 0.15) is 0 Å². The molecule has 1 aromatic carbocycles. The van der Waals surface area contributed by atoms with Crippen molar-refractivity contribution in [1.29, 1.82) is 0 Å². The van der Waals surface area contributed by atoms with Crippen molar-refractivity contribution in [3.05, 3.63) is 34.9 Å². The molecule has 6 heteroatoms. The van der Waals surface area contributed by atoms with Gasteiger partial charge in [-0.3, -0.25) is 4.79 Å². The predicted molar refractivity (Wildman–Crippen MR) is 104 cm³/mol. The van der Waals surface area contributed by atoms with Crippen LogP contribution in [0.5, 0.6) is 0 Å². The van der Waals surface area contributed by atoms with E-state index in [2.05, 4.69) is 37.4 Å². The SMILES string of the molecule is Cc1ccc2c(c1)[C@@H](NC(=O)N1CCCC(O)(CC(=O)N(C)C)C1)[C@H](C)C2. The number of likely N-dealkylation sites (tertiary alicyclic amines) is 1. The number of amides is 3. The van der Waals surface area contributed by atoms with E-state index >= 15 is 0 Å². The molecule has 1 fully saturated rings. The topological polar surface area (TPSA) is 72.9 Å². The number of rotatable bonds is 3. The highest BCUT2D eigenvalue weighted by Crippen LogP contribution is 2.36. The maximum absolute atomic E-state index is 12.9. The summed E-state index contributed by atoms with van der Waals surface area (Å²) in [6.07, 6.45) is 2.24. The van der Waals surface area contributed by atoms with E-state index in [1.807, 2.05) is 0 Å². The summed E-state index contributed by atoms with van der Waals surface area (Å²) in [5.74, 6) is 0.221. The lowest BCUT2D eigenvalue weighted by molar-refractivity contribution is -0.135. The quantitative estimate of drug-likeness (QED) is 0.853. The van der Waals surface area contributed by atoms with Gasteiger partial charge in [0.2, 0.25) is 5.91 Å². The summed E-state index contributed by atoms with van der Waals surface area (Å²) >= 11 is 0. The molecule has 0 saturated carbocycles. The minimum absolute atomic E-state index is 0.00849. The number of carbonyl (C=O) groups is 2. The molecule has 1 aliphatic heterocycles. The van der Waals surface area contributed by atoms with Crippen molar-refractivity contribution in [3.63, 3.8) is 0 Å². The van der Waals surface area contributed by atoms with E-state index in [4.69, 9.17) is 0 Å². The van der Waals surface area contributed by atoms with Crippen LogP contribution < -0.4 is 5.32 Å². The predicted octanol–water partition coefficient (Wildman–Crippen LogP) is 2.24. The summed E-state index contributed by atoms with van der Waals surface area (Å²) in [5, 5.41) is 14.0. The van der Waals surface area contributed by atoms with E-state index < -0.39 is 5.60 Å². The van der Waals surface area contributed by atoms with Gasteiger partial charge in [-0.2, -0.15) is 0 Å². The van der Waals surface area contributed by atoms with Gasteiger partial charge in [0.05, 0.1) is 24.6 Å². The first-order valence-electron chi connectivity index (χ1n) is 9.76. The van der Waals surface area contributed by atoms with Gasteiger partial charge in [0, 0.05) is 20.6 Å². The number of benzene rings is 1. The van der Waals surface area contributed by atoms with Crippen LogP contribution in [0.3, 0.4) is 0 Å². The van der Waals surface area contributed by atoms with Gasteiger partial charge in [-0.25, -0.2) is 4.79 Å². The molecule has 2 aliphatic rings. The fourth-order valence-electron chi connectivity index (χ4n) is 4.27. The first-order valence-corrected chi connectivity index (χ1v) is 9.76. The number of aliphatic hydroxyl groups is 1. The molecular weight excluding hydrogens is 342 g/mol. The minimum Gasteiger partial charge on any atom is -0.387 e. The number of urea groups is 1. The van der Waals surface area contributed by atoms with E-state index in [0.29, 0.717) is 25.3 Å². The number of aryl methyl sites for hydroxylation is 1. The lowest BCUT2D eigenvalue weighted by atomic mass is 9.89. The molecule has 0 spiro atoms. The van der Waals surface area contributed by atoms with Crippen LogP contribution in [0.2, 0.25) is 0 Å². The second-order valence-electron chi connectivity index (χ2n) is 8.53. The smallest absolute Gasteiger partial charge is 0.317 e. The fraction of sp³-hybridized carbons (Fsp3) is 0.619. The van der Waals surface area contributed by atoms with Crippen molar-refractivity contribution in [2.75, 3.05) is 27.2 Å². The van der Waals surface area contributed by atoms with Crippen molar-refractivity contribution < 1.29 is 14.7 Å². The van der Waals surface area contributed by atoms with Gasteiger partial charge in [0.15, 0.2) is 0 Å². The highest BCUT2D eigenvalue weighted by molar-refractivity contribution is 5.78. The van der Waals surface area contributed by atoms with Crippen molar-refractivity contribution in [2.45, 2.75) is 51.2 Å². The van der Waals surface area contributed by atoms with Crippen molar-refractivity contribution in [3.8, 4) is 0 Å². The minimum atomic E-state index is -1.15. The molecule has 1 unspecified atom stereocenters. The Morgan fingerprint density at radius 2 is 2.11 bits per heavy atom. The Bertz CT molecular complexity index is 733. The summed E-state index contributed by atoms with van der Waals surface area (Å²) in [7, 11) is 3.36. The summed E-state index contributed by atoms with van der Waals surface area (Å²) < 4.78 is 0. The molecule has 0 aromatic heterocycles. The van der Waals surface area contributed by atoms with Crippen LogP contribution in [0.1, 0.15) is 48.9 Å². The molecule has 1 aliphatic carbocycles. The second kappa shape index (κ2) is 7.50. The van der Waals surface area contributed by atoms with Crippen molar-refractivity contribution in [2.24, 2.45) is 5.92 Å². The zero-order chi connectivity index (χ0) is 19.8. The zero-order valence-electron chi connectivity index (χ0n) is 16.8. The summed E-state index contributed by atoms with van der Waals surface area (Å²) in [4.78, 5) is 28.1. The molecule has 6 nitrogen and oxygen atoms in total. The molecule has 27 heavy (non-hydrogen) atoms. The normalized spacial score (nSPS) is 27.2. The molecule has 3 rings (SSSR count). The second-order valence-corrected chi connectivity index (χ2v) is 8.53. The first kappa shape index (κ1) is 19.7. The standard InChI is InChI=1S/C21H31N3O3/c1-14-6-7-16-11-15(2)19(17(16)10-14)22-20(26)24-9-5-8-21(27,13-24)12-18(25)23(3)4/h6-7,10,15,19,27H,5,8-9,11-13H2,1-4H3,(H,22,26)/t15-,19+,21?/m1/s1. The van der Waals surface area contributed by atoms with E-state index in [1.54, 1.807) is 19.0 Å².